The van der Waals surface area contributed by atoms with Gasteiger partial charge in [0.2, 0.25) is 0 Å². The SMILES string of the molecule is CNCc1cn2c3c(cc(C)cc13)CCC2. The summed E-state index contributed by atoms with van der Waals surface area (Å²) in [5, 5.41) is 4.71. The third-order valence-corrected chi connectivity index (χ3v) is 3.49. The van der Waals surface area contributed by atoms with Gasteiger partial charge in [0.05, 0.1) is 5.52 Å². The van der Waals surface area contributed by atoms with Crippen molar-refractivity contribution in [3.8, 4) is 0 Å². The maximum absolute atomic E-state index is 3.26. The van der Waals surface area contributed by atoms with Crippen LogP contribution in [0, 0.1) is 6.92 Å². The molecule has 2 heteroatoms. The van der Waals surface area contributed by atoms with Gasteiger partial charge in [0.1, 0.15) is 0 Å². The summed E-state index contributed by atoms with van der Waals surface area (Å²) >= 11 is 0. The fourth-order valence-corrected chi connectivity index (χ4v) is 2.90. The molecule has 0 unspecified atom stereocenters. The van der Waals surface area contributed by atoms with Crippen LogP contribution in [0.3, 0.4) is 0 Å². The lowest BCUT2D eigenvalue weighted by Crippen LogP contribution is -2.06. The minimum atomic E-state index is 0.965. The molecule has 2 aromatic rings. The van der Waals surface area contributed by atoms with Gasteiger partial charge in [-0.25, -0.2) is 0 Å². The van der Waals surface area contributed by atoms with E-state index in [4.69, 9.17) is 0 Å². The Morgan fingerprint density at radius 1 is 1.38 bits per heavy atom. The molecule has 16 heavy (non-hydrogen) atoms. The van der Waals surface area contributed by atoms with Crippen molar-refractivity contribution in [2.75, 3.05) is 7.05 Å². The van der Waals surface area contributed by atoms with Crippen LogP contribution in [0.25, 0.3) is 10.9 Å². The van der Waals surface area contributed by atoms with Gasteiger partial charge >= 0.3 is 0 Å². The molecule has 0 amide bonds. The minimum absolute atomic E-state index is 0.965. The van der Waals surface area contributed by atoms with Gasteiger partial charge in [-0.05, 0) is 44.0 Å². The third kappa shape index (κ3) is 1.37. The summed E-state index contributed by atoms with van der Waals surface area (Å²) in [6.45, 7) is 4.34. The highest BCUT2D eigenvalue weighted by atomic mass is 15.0. The highest BCUT2D eigenvalue weighted by Crippen LogP contribution is 2.30. The second-order valence-electron chi connectivity index (χ2n) is 4.80. The van der Waals surface area contributed by atoms with Gasteiger partial charge in [-0.1, -0.05) is 11.6 Å². The van der Waals surface area contributed by atoms with Crippen LogP contribution < -0.4 is 5.32 Å². The molecule has 1 N–H and O–H groups in total. The van der Waals surface area contributed by atoms with Crippen LogP contribution in [0.5, 0.6) is 0 Å². The summed E-state index contributed by atoms with van der Waals surface area (Å²) < 4.78 is 2.43. The van der Waals surface area contributed by atoms with Crippen molar-refractivity contribution in [2.45, 2.75) is 32.9 Å². The average Bonchev–Trinajstić information content (AvgIpc) is 2.59. The van der Waals surface area contributed by atoms with Crippen LogP contribution in [0.2, 0.25) is 0 Å². The van der Waals surface area contributed by atoms with Crippen molar-refractivity contribution in [1.29, 1.82) is 0 Å². The van der Waals surface area contributed by atoms with Crippen molar-refractivity contribution in [3.05, 3.63) is 35.0 Å². The summed E-state index contributed by atoms with van der Waals surface area (Å²) in [4.78, 5) is 0. The van der Waals surface area contributed by atoms with Gasteiger partial charge < -0.3 is 9.88 Å². The van der Waals surface area contributed by atoms with Crippen LogP contribution in [0.15, 0.2) is 18.3 Å². The second-order valence-corrected chi connectivity index (χ2v) is 4.80. The molecule has 84 valence electrons. The molecule has 0 aliphatic carbocycles. The van der Waals surface area contributed by atoms with Gasteiger partial charge in [-0.3, -0.25) is 0 Å². The molecular formula is C14H18N2. The van der Waals surface area contributed by atoms with Gasteiger partial charge in [-0.15, -0.1) is 0 Å². The second kappa shape index (κ2) is 3.63. The van der Waals surface area contributed by atoms with E-state index in [1.807, 2.05) is 7.05 Å². The van der Waals surface area contributed by atoms with Crippen molar-refractivity contribution in [1.82, 2.24) is 9.88 Å². The molecule has 0 atom stereocenters. The Labute approximate surface area is 96.3 Å². The number of hydrogen-bond acceptors (Lipinski definition) is 1. The topological polar surface area (TPSA) is 17.0 Å². The number of nitrogens with zero attached hydrogens (tertiary/aromatic N) is 1. The first-order valence-corrected chi connectivity index (χ1v) is 6.05. The summed E-state index contributed by atoms with van der Waals surface area (Å²) in [5.41, 5.74) is 5.83. The molecule has 3 rings (SSSR count). The van der Waals surface area contributed by atoms with E-state index in [1.165, 1.54) is 47.0 Å². The number of aromatic nitrogens is 1. The van der Waals surface area contributed by atoms with E-state index < -0.39 is 0 Å². The Bertz CT molecular complexity index is 537. The Balaban J connectivity index is 2.31. The van der Waals surface area contributed by atoms with E-state index >= 15 is 0 Å². The van der Waals surface area contributed by atoms with Crippen molar-refractivity contribution in [3.63, 3.8) is 0 Å². The van der Waals surface area contributed by atoms with Crippen LogP contribution >= 0.6 is 0 Å². The zero-order valence-corrected chi connectivity index (χ0v) is 10.0. The number of benzene rings is 1. The molecule has 1 aliphatic rings. The van der Waals surface area contributed by atoms with Crippen LogP contribution in [0.1, 0.15) is 23.1 Å². The Morgan fingerprint density at radius 3 is 3.06 bits per heavy atom. The summed E-state index contributed by atoms with van der Waals surface area (Å²) in [7, 11) is 2.01. The average molecular weight is 214 g/mol. The molecule has 0 saturated heterocycles. The monoisotopic (exact) mass is 214 g/mol. The van der Waals surface area contributed by atoms with Crippen molar-refractivity contribution < 1.29 is 0 Å². The van der Waals surface area contributed by atoms with Crippen molar-refractivity contribution in [2.24, 2.45) is 0 Å². The van der Waals surface area contributed by atoms with Crippen LogP contribution in [-0.2, 0) is 19.5 Å². The van der Waals surface area contributed by atoms with Gasteiger partial charge in [0, 0.05) is 24.7 Å². The normalized spacial score (nSPS) is 14.6. The fraction of sp³-hybridized carbons (Fsp3) is 0.429. The number of nitrogens with one attached hydrogen (secondary N) is 1. The lowest BCUT2D eigenvalue weighted by Gasteiger charge is -2.15. The van der Waals surface area contributed by atoms with Gasteiger partial charge in [-0.2, -0.15) is 0 Å². The van der Waals surface area contributed by atoms with E-state index in [9.17, 15) is 0 Å². The fourth-order valence-electron chi connectivity index (χ4n) is 2.90. The maximum Gasteiger partial charge on any atom is 0.0516 e. The maximum atomic E-state index is 3.26. The molecule has 0 saturated carbocycles. The summed E-state index contributed by atoms with van der Waals surface area (Å²) in [5.74, 6) is 0. The molecule has 0 radical (unpaired) electrons. The zero-order chi connectivity index (χ0) is 11.1. The third-order valence-electron chi connectivity index (χ3n) is 3.49. The van der Waals surface area contributed by atoms with Gasteiger partial charge in [0.25, 0.3) is 0 Å². The van der Waals surface area contributed by atoms with Crippen LogP contribution in [0.4, 0.5) is 0 Å². The molecule has 1 aromatic heterocycles. The smallest absolute Gasteiger partial charge is 0.0516 e. The molecule has 0 fully saturated rings. The minimum Gasteiger partial charge on any atom is -0.347 e. The first kappa shape index (κ1) is 9.91. The van der Waals surface area contributed by atoms with E-state index in [2.05, 4.69) is 35.1 Å². The van der Waals surface area contributed by atoms with E-state index in [1.54, 1.807) is 0 Å². The number of rotatable bonds is 2. The highest BCUT2D eigenvalue weighted by Gasteiger charge is 2.15. The quantitative estimate of drug-likeness (QED) is 0.813. The summed E-state index contributed by atoms with van der Waals surface area (Å²) in [6.07, 6.45) is 4.84. The Morgan fingerprint density at radius 2 is 2.25 bits per heavy atom. The lowest BCUT2D eigenvalue weighted by molar-refractivity contribution is 0.633. The Kier molecular flexibility index (Phi) is 2.25. The largest absolute Gasteiger partial charge is 0.347 e. The van der Waals surface area contributed by atoms with E-state index in [0.29, 0.717) is 0 Å². The molecule has 0 spiro atoms. The number of hydrogen-bond donors (Lipinski definition) is 1. The van der Waals surface area contributed by atoms with Crippen LogP contribution in [-0.4, -0.2) is 11.6 Å². The lowest BCUT2D eigenvalue weighted by atomic mass is 10.00. The first-order chi connectivity index (χ1) is 7.79. The number of aryl methyl sites for hydroxylation is 3. The summed E-state index contributed by atoms with van der Waals surface area (Å²) in [6, 6.07) is 4.68. The standard InChI is InChI=1S/C14H18N2/c1-10-6-11-4-3-5-16-9-12(8-15-2)13(7-10)14(11)16/h6-7,9,15H,3-5,8H2,1-2H3. The molecular weight excluding hydrogens is 196 g/mol. The molecule has 1 aromatic carbocycles. The molecule has 1 aliphatic heterocycles. The molecule has 0 bridgehead atoms. The van der Waals surface area contributed by atoms with Crippen molar-refractivity contribution >= 4 is 10.9 Å². The predicted octanol–water partition coefficient (Wildman–Crippen LogP) is 2.62. The zero-order valence-electron chi connectivity index (χ0n) is 10.0. The molecule has 2 nitrogen and oxygen atoms in total. The highest BCUT2D eigenvalue weighted by molar-refractivity contribution is 5.88. The Hall–Kier alpha value is -1.28. The first-order valence-electron chi connectivity index (χ1n) is 6.05. The predicted molar refractivity (Wildman–Crippen MR) is 67.8 cm³/mol. The van der Waals surface area contributed by atoms with E-state index in [-0.39, 0.29) is 0 Å². The van der Waals surface area contributed by atoms with Gasteiger partial charge in [0.15, 0.2) is 0 Å². The molecule has 2 heterocycles. The van der Waals surface area contributed by atoms with E-state index in [0.717, 1.165) is 6.54 Å².